The molecule has 2 aliphatic heterocycles. The average molecular weight is 338 g/mol. The highest BCUT2D eigenvalue weighted by molar-refractivity contribution is 6.21. The van der Waals surface area contributed by atoms with Crippen LogP contribution in [0.5, 0.6) is 0 Å². The first-order valence-electron chi connectivity index (χ1n) is 8.11. The van der Waals surface area contributed by atoms with Gasteiger partial charge in [-0.25, -0.2) is 4.39 Å². The predicted molar refractivity (Wildman–Crippen MR) is 88.9 cm³/mol. The number of carbonyl (C=O) groups excluding carboxylic acids is 3. The molecule has 5 nitrogen and oxygen atoms in total. The molecule has 0 aromatic heterocycles. The summed E-state index contributed by atoms with van der Waals surface area (Å²) in [6, 6.07) is 11.6. The summed E-state index contributed by atoms with van der Waals surface area (Å²) in [5.74, 6) is -2.08. The van der Waals surface area contributed by atoms with Gasteiger partial charge in [-0.1, -0.05) is 24.3 Å². The number of halogens is 1. The number of benzene rings is 2. The van der Waals surface area contributed by atoms with Gasteiger partial charge in [0.2, 0.25) is 5.91 Å². The van der Waals surface area contributed by atoms with E-state index in [2.05, 4.69) is 0 Å². The summed E-state index contributed by atoms with van der Waals surface area (Å²) < 4.78 is 13.8. The Bertz CT molecular complexity index is 909. The van der Waals surface area contributed by atoms with E-state index in [1.807, 2.05) is 24.3 Å². The second kappa shape index (κ2) is 5.81. The predicted octanol–water partition coefficient (Wildman–Crippen LogP) is 2.40. The third-order valence-corrected chi connectivity index (χ3v) is 4.69. The Balaban J connectivity index is 1.48. The molecule has 0 spiro atoms. The molecule has 0 aliphatic carbocycles. The molecular weight excluding hydrogens is 323 g/mol. The Morgan fingerprint density at radius 3 is 2.64 bits per heavy atom. The average Bonchev–Trinajstić information content (AvgIpc) is 3.14. The van der Waals surface area contributed by atoms with Gasteiger partial charge in [-0.2, -0.15) is 0 Å². The number of fused-ring (bicyclic) bond motifs is 2. The standard InChI is InChI=1S/C19H15FN2O3/c20-14-6-3-5-13-17(14)19(25)22(18(13)24)11-9-16(23)21-10-8-12-4-1-2-7-15(12)21/h1-7H,8-11H2. The maximum Gasteiger partial charge on any atom is 0.264 e. The SMILES string of the molecule is O=C1c2cccc(F)c2C(=O)N1CCC(=O)N1CCc2ccccc21. The van der Waals surface area contributed by atoms with Crippen molar-refractivity contribution in [3.63, 3.8) is 0 Å². The first kappa shape index (κ1) is 15.5. The number of carbonyl (C=O) groups is 3. The molecule has 0 saturated carbocycles. The zero-order valence-corrected chi connectivity index (χ0v) is 13.4. The molecule has 2 aromatic carbocycles. The van der Waals surface area contributed by atoms with E-state index >= 15 is 0 Å². The van der Waals surface area contributed by atoms with E-state index in [1.54, 1.807) is 4.90 Å². The molecule has 6 heteroatoms. The fraction of sp³-hybridized carbons (Fsp3) is 0.211. The fourth-order valence-electron chi connectivity index (χ4n) is 3.44. The Labute approximate surface area is 143 Å². The lowest BCUT2D eigenvalue weighted by molar-refractivity contribution is -0.118. The molecule has 0 bridgehead atoms. The van der Waals surface area contributed by atoms with E-state index < -0.39 is 17.6 Å². The van der Waals surface area contributed by atoms with Gasteiger partial charge in [0.25, 0.3) is 11.8 Å². The molecule has 25 heavy (non-hydrogen) atoms. The first-order valence-corrected chi connectivity index (χ1v) is 8.11. The summed E-state index contributed by atoms with van der Waals surface area (Å²) in [5, 5.41) is 0. The van der Waals surface area contributed by atoms with Gasteiger partial charge < -0.3 is 4.90 Å². The van der Waals surface area contributed by atoms with Crippen LogP contribution in [0.1, 0.15) is 32.7 Å². The van der Waals surface area contributed by atoms with Gasteiger partial charge in [-0.05, 0) is 30.2 Å². The van der Waals surface area contributed by atoms with Crippen LogP contribution >= 0.6 is 0 Å². The van der Waals surface area contributed by atoms with Gasteiger partial charge in [-0.15, -0.1) is 0 Å². The molecule has 0 fully saturated rings. The van der Waals surface area contributed by atoms with Crippen LogP contribution < -0.4 is 4.90 Å². The lowest BCUT2D eigenvalue weighted by Crippen LogP contribution is -2.36. The Hall–Kier alpha value is -3.02. The molecule has 126 valence electrons. The van der Waals surface area contributed by atoms with Gasteiger partial charge >= 0.3 is 0 Å². The molecule has 4 rings (SSSR count). The number of rotatable bonds is 3. The van der Waals surface area contributed by atoms with Crippen molar-refractivity contribution < 1.29 is 18.8 Å². The normalized spacial score (nSPS) is 15.6. The van der Waals surface area contributed by atoms with Crippen molar-refractivity contribution in [3.05, 3.63) is 65.0 Å². The highest BCUT2D eigenvalue weighted by atomic mass is 19.1. The number of hydrogen-bond donors (Lipinski definition) is 0. The van der Waals surface area contributed by atoms with Crippen molar-refractivity contribution in [1.82, 2.24) is 4.90 Å². The van der Waals surface area contributed by atoms with Crippen LogP contribution in [0.4, 0.5) is 10.1 Å². The number of hydrogen-bond acceptors (Lipinski definition) is 3. The number of amides is 3. The van der Waals surface area contributed by atoms with Crippen molar-refractivity contribution >= 4 is 23.4 Å². The Kier molecular flexibility index (Phi) is 3.60. The van der Waals surface area contributed by atoms with Crippen molar-refractivity contribution in [2.45, 2.75) is 12.8 Å². The van der Waals surface area contributed by atoms with Gasteiger partial charge in [0, 0.05) is 25.2 Å². The van der Waals surface area contributed by atoms with E-state index in [1.165, 1.54) is 12.1 Å². The third-order valence-electron chi connectivity index (χ3n) is 4.69. The second-order valence-corrected chi connectivity index (χ2v) is 6.10. The molecule has 0 unspecified atom stereocenters. The quantitative estimate of drug-likeness (QED) is 0.808. The van der Waals surface area contributed by atoms with E-state index in [0.717, 1.165) is 28.6 Å². The molecule has 0 atom stereocenters. The zero-order chi connectivity index (χ0) is 17.6. The molecular formula is C19H15FN2O3. The Morgan fingerprint density at radius 2 is 1.84 bits per heavy atom. The number of imide groups is 1. The minimum Gasteiger partial charge on any atom is -0.312 e. The minimum atomic E-state index is -0.710. The summed E-state index contributed by atoms with van der Waals surface area (Å²) in [4.78, 5) is 39.8. The fourth-order valence-corrected chi connectivity index (χ4v) is 3.44. The molecule has 0 saturated heterocycles. The van der Waals surface area contributed by atoms with E-state index in [-0.39, 0.29) is 30.0 Å². The zero-order valence-electron chi connectivity index (χ0n) is 13.4. The van der Waals surface area contributed by atoms with Crippen LogP contribution in [-0.2, 0) is 11.2 Å². The highest BCUT2D eigenvalue weighted by Gasteiger charge is 2.38. The number of anilines is 1. The lowest BCUT2D eigenvalue weighted by atomic mass is 10.1. The largest absolute Gasteiger partial charge is 0.312 e. The molecule has 2 aliphatic rings. The van der Waals surface area contributed by atoms with Crippen LogP contribution in [0.3, 0.4) is 0 Å². The summed E-state index contributed by atoms with van der Waals surface area (Å²) in [5.41, 5.74) is 1.84. The summed E-state index contributed by atoms with van der Waals surface area (Å²) in [6.07, 6.45) is 0.807. The topological polar surface area (TPSA) is 57.7 Å². The van der Waals surface area contributed by atoms with Crippen molar-refractivity contribution in [1.29, 1.82) is 0 Å². The van der Waals surface area contributed by atoms with E-state index in [0.29, 0.717) is 6.54 Å². The summed E-state index contributed by atoms with van der Waals surface area (Å²) >= 11 is 0. The van der Waals surface area contributed by atoms with Gasteiger partial charge in [0.05, 0.1) is 11.1 Å². The Morgan fingerprint density at radius 1 is 1.04 bits per heavy atom. The van der Waals surface area contributed by atoms with Gasteiger partial charge in [0.15, 0.2) is 0 Å². The highest BCUT2D eigenvalue weighted by Crippen LogP contribution is 2.29. The van der Waals surface area contributed by atoms with Crippen molar-refractivity contribution in [2.24, 2.45) is 0 Å². The van der Waals surface area contributed by atoms with Crippen molar-refractivity contribution in [2.75, 3.05) is 18.0 Å². The molecule has 3 amide bonds. The number of nitrogens with zero attached hydrogens (tertiary/aromatic N) is 2. The maximum absolute atomic E-state index is 13.8. The van der Waals surface area contributed by atoms with E-state index in [9.17, 15) is 18.8 Å². The third kappa shape index (κ3) is 2.41. The maximum atomic E-state index is 13.8. The molecule has 0 N–H and O–H groups in total. The molecule has 2 heterocycles. The van der Waals surface area contributed by atoms with Gasteiger partial charge in [0.1, 0.15) is 5.82 Å². The molecule has 0 radical (unpaired) electrons. The van der Waals surface area contributed by atoms with Crippen LogP contribution in [-0.4, -0.2) is 35.7 Å². The van der Waals surface area contributed by atoms with Crippen LogP contribution in [0.25, 0.3) is 0 Å². The lowest BCUT2D eigenvalue weighted by Gasteiger charge is -2.19. The van der Waals surface area contributed by atoms with Crippen LogP contribution in [0, 0.1) is 5.82 Å². The smallest absolute Gasteiger partial charge is 0.264 e. The second-order valence-electron chi connectivity index (χ2n) is 6.10. The first-order chi connectivity index (χ1) is 12.1. The summed E-state index contributed by atoms with van der Waals surface area (Å²) in [6.45, 7) is 0.540. The van der Waals surface area contributed by atoms with E-state index in [4.69, 9.17) is 0 Å². The summed E-state index contributed by atoms with van der Waals surface area (Å²) in [7, 11) is 0. The van der Waals surface area contributed by atoms with Gasteiger partial charge in [-0.3, -0.25) is 19.3 Å². The van der Waals surface area contributed by atoms with Crippen LogP contribution in [0.15, 0.2) is 42.5 Å². The minimum absolute atomic E-state index is 0.0153. The monoisotopic (exact) mass is 338 g/mol. The van der Waals surface area contributed by atoms with Crippen molar-refractivity contribution in [3.8, 4) is 0 Å². The number of para-hydroxylation sites is 1. The molecule has 2 aromatic rings. The van der Waals surface area contributed by atoms with Crippen LogP contribution in [0.2, 0.25) is 0 Å².